The van der Waals surface area contributed by atoms with Gasteiger partial charge in [-0.3, -0.25) is 14.9 Å². The molecule has 1 fully saturated rings. The van der Waals surface area contributed by atoms with Gasteiger partial charge in [0, 0.05) is 49.2 Å². The number of anilines is 1. The fraction of sp³-hybridized carbons (Fsp3) is 0.389. The van der Waals surface area contributed by atoms with E-state index in [1.54, 1.807) is 23.1 Å². The average molecular weight is 355 g/mol. The minimum atomic E-state index is -0.446. The van der Waals surface area contributed by atoms with Gasteiger partial charge in [-0.2, -0.15) is 0 Å². The van der Waals surface area contributed by atoms with E-state index in [0.29, 0.717) is 37.7 Å². The summed E-state index contributed by atoms with van der Waals surface area (Å²) in [6.07, 6.45) is 0.0389. The van der Waals surface area contributed by atoms with Crippen LogP contribution in [0, 0.1) is 24.0 Å². The zero-order valence-electron chi connectivity index (χ0n) is 14.9. The van der Waals surface area contributed by atoms with Crippen molar-refractivity contribution in [3.05, 3.63) is 57.4 Å². The fourth-order valence-electron chi connectivity index (χ4n) is 3.12. The molecule has 0 atom stereocenters. The van der Waals surface area contributed by atoms with Crippen molar-refractivity contribution in [2.24, 2.45) is 0 Å². The lowest BCUT2D eigenvalue weighted by atomic mass is 10.1. The van der Waals surface area contributed by atoms with Gasteiger partial charge in [-0.1, -0.05) is 18.2 Å². The van der Waals surface area contributed by atoms with E-state index in [1.807, 2.05) is 19.9 Å². The highest BCUT2D eigenvalue weighted by Crippen LogP contribution is 2.20. The molecule has 0 saturated carbocycles. The summed E-state index contributed by atoms with van der Waals surface area (Å²) in [5.74, 6) is 0.591. The highest BCUT2D eigenvalue weighted by atomic mass is 16.6. The number of carbonyl (C=O) groups excluding carboxylic acids is 1. The van der Waals surface area contributed by atoms with Gasteiger partial charge in [0.25, 0.3) is 5.69 Å². The molecule has 8 nitrogen and oxygen atoms in total. The Kier molecular flexibility index (Phi) is 5.11. The zero-order valence-corrected chi connectivity index (χ0v) is 14.9. The van der Waals surface area contributed by atoms with E-state index in [2.05, 4.69) is 14.9 Å². The van der Waals surface area contributed by atoms with E-state index in [9.17, 15) is 14.9 Å². The molecule has 1 aliphatic rings. The number of nitrogens with zero attached hydrogens (tertiary/aromatic N) is 5. The minimum absolute atomic E-state index is 0.0110. The third-order valence-electron chi connectivity index (χ3n) is 4.42. The maximum atomic E-state index is 12.5. The third kappa shape index (κ3) is 3.96. The molecule has 1 amide bonds. The summed E-state index contributed by atoms with van der Waals surface area (Å²) >= 11 is 0. The summed E-state index contributed by atoms with van der Waals surface area (Å²) in [5.41, 5.74) is 2.27. The SMILES string of the molecule is Cc1cc(C)nc(N2CCN(C(=O)Cc3ccccc3[N+](=O)[O-])CC2)n1. The number of aromatic nitrogens is 2. The first-order chi connectivity index (χ1) is 12.4. The number of rotatable bonds is 4. The van der Waals surface area contributed by atoms with Crippen LogP contribution in [0.5, 0.6) is 0 Å². The number of hydrogen-bond donors (Lipinski definition) is 0. The van der Waals surface area contributed by atoms with Crippen molar-refractivity contribution in [1.29, 1.82) is 0 Å². The van der Waals surface area contributed by atoms with Gasteiger partial charge in [0.2, 0.25) is 11.9 Å². The molecule has 0 aliphatic carbocycles. The predicted octanol–water partition coefficient (Wildman–Crippen LogP) is 1.89. The van der Waals surface area contributed by atoms with Gasteiger partial charge in [0.05, 0.1) is 11.3 Å². The number of carbonyl (C=O) groups is 1. The first-order valence-electron chi connectivity index (χ1n) is 8.51. The molecule has 2 aromatic rings. The Hall–Kier alpha value is -3.03. The zero-order chi connectivity index (χ0) is 18.7. The molecule has 0 spiro atoms. The summed E-state index contributed by atoms with van der Waals surface area (Å²) in [7, 11) is 0. The van der Waals surface area contributed by atoms with Crippen LogP contribution in [0.25, 0.3) is 0 Å². The van der Waals surface area contributed by atoms with E-state index >= 15 is 0 Å². The topological polar surface area (TPSA) is 92.5 Å². The molecule has 1 aromatic carbocycles. The first kappa shape index (κ1) is 17.8. The van der Waals surface area contributed by atoms with Gasteiger partial charge in [-0.05, 0) is 19.9 Å². The second-order valence-electron chi connectivity index (χ2n) is 6.38. The van der Waals surface area contributed by atoms with E-state index < -0.39 is 4.92 Å². The summed E-state index contributed by atoms with van der Waals surface area (Å²) in [6, 6.07) is 8.31. The predicted molar refractivity (Wildman–Crippen MR) is 97.1 cm³/mol. The summed E-state index contributed by atoms with van der Waals surface area (Å²) in [4.78, 5) is 35.9. The molecular formula is C18H21N5O3. The van der Waals surface area contributed by atoms with Crippen LogP contribution in [0.2, 0.25) is 0 Å². The van der Waals surface area contributed by atoms with Crippen molar-refractivity contribution >= 4 is 17.5 Å². The lowest BCUT2D eigenvalue weighted by molar-refractivity contribution is -0.385. The van der Waals surface area contributed by atoms with Gasteiger partial charge in [0.15, 0.2) is 0 Å². The third-order valence-corrected chi connectivity index (χ3v) is 4.42. The van der Waals surface area contributed by atoms with Gasteiger partial charge >= 0.3 is 0 Å². The molecule has 0 N–H and O–H groups in total. The molecule has 0 bridgehead atoms. The van der Waals surface area contributed by atoms with Gasteiger partial charge in [-0.25, -0.2) is 9.97 Å². The molecular weight excluding hydrogens is 334 g/mol. The summed E-state index contributed by atoms with van der Waals surface area (Å²) in [5, 5.41) is 11.1. The Bertz CT molecular complexity index is 811. The molecule has 1 aromatic heterocycles. The number of aryl methyl sites for hydroxylation is 2. The van der Waals surface area contributed by atoms with Crippen LogP contribution in [-0.2, 0) is 11.2 Å². The van der Waals surface area contributed by atoms with Gasteiger partial charge in [0.1, 0.15) is 0 Å². The quantitative estimate of drug-likeness (QED) is 0.614. The molecule has 26 heavy (non-hydrogen) atoms. The molecule has 0 unspecified atom stereocenters. The standard InChI is InChI=1S/C18H21N5O3/c1-13-11-14(2)20-18(19-13)22-9-7-21(8-10-22)17(24)12-15-5-3-4-6-16(15)23(25)26/h3-6,11H,7-10,12H2,1-2H3. The lowest BCUT2D eigenvalue weighted by Crippen LogP contribution is -2.49. The molecule has 8 heteroatoms. The van der Waals surface area contributed by atoms with E-state index in [4.69, 9.17) is 0 Å². The van der Waals surface area contributed by atoms with Crippen LogP contribution >= 0.6 is 0 Å². The molecule has 1 aliphatic heterocycles. The smallest absolute Gasteiger partial charge is 0.273 e. The van der Waals surface area contributed by atoms with E-state index in [1.165, 1.54) is 6.07 Å². The molecule has 136 valence electrons. The second kappa shape index (κ2) is 7.47. The number of hydrogen-bond acceptors (Lipinski definition) is 6. The summed E-state index contributed by atoms with van der Waals surface area (Å²) < 4.78 is 0. The van der Waals surface area contributed by atoms with Crippen molar-refractivity contribution in [2.75, 3.05) is 31.1 Å². The minimum Gasteiger partial charge on any atom is -0.339 e. The monoisotopic (exact) mass is 355 g/mol. The van der Waals surface area contributed by atoms with E-state index in [0.717, 1.165) is 11.4 Å². The maximum Gasteiger partial charge on any atom is 0.273 e. The number of benzene rings is 1. The van der Waals surface area contributed by atoms with E-state index in [-0.39, 0.29) is 18.0 Å². The van der Waals surface area contributed by atoms with Crippen LogP contribution in [-0.4, -0.2) is 51.9 Å². The highest BCUT2D eigenvalue weighted by molar-refractivity contribution is 5.80. The van der Waals surface area contributed by atoms with Crippen LogP contribution in [0.1, 0.15) is 17.0 Å². The maximum absolute atomic E-state index is 12.5. The van der Waals surface area contributed by atoms with Crippen molar-refractivity contribution in [3.63, 3.8) is 0 Å². The van der Waals surface area contributed by atoms with Crippen LogP contribution in [0.3, 0.4) is 0 Å². The van der Waals surface area contributed by atoms with Crippen molar-refractivity contribution < 1.29 is 9.72 Å². The number of piperazine rings is 1. The Morgan fingerprint density at radius 1 is 1.12 bits per heavy atom. The molecule has 2 heterocycles. The van der Waals surface area contributed by atoms with Gasteiger partial charge < -0.3 is 9.80 Å². The Labute approximate surface area is 151 Å². The molecule has 0 radical (unpaired) electrons. The Morgan fingerprint density at radius 2 is 1.73 bits per heavy atom. The average Bonchev–Trinajstić information content (AvgIpc) is 2.61. The van der Waals surface area contributed by atoms with Crippen molar-refractivity contribution in [1.82, 2.24) is 14.9 Å². The molecule has 3 rings (SSSR count). The normalized spacial score (nSPS) is 14.4. The number of nitro groups is 1. The summed E-state index contributed by atoms with van der Waals surface area (Å²) in [6.45, 7) is 6.26. The number of amides is 1. The largest absolute Gasteiger partial charge is 0.339 e. The lowest BCUT2D eigenvalue weighted by Gasteiger charge is -2.35. The Balaban J connectivity index is 1.63. The number of para-hydroxylation sites is 1. The number of nitro benzene ring substituents is 1. The van der Waals surface area contributed by atoms with Crippen molar-refractivity contribution in [2.45, 2.75) is 20.3 Å². The Morgan fingerprint density at radius 3 is 2.35 bits per heavy atom. The second-order valence-corrected chi connectivity index (χ2v) is 6.38. The van der Waals surface area contributed by atoms with Gasteiger partial charge in [-0.15, -0.1) is 0 Å². The van der Waals surface area contributed by atoms with Crippen LogP contribution in [0.15, 0.2) is 30.3 Å². The van der Waals surface area contributed by atoms with Crippen LogP contribution < -0.4 is 4.90 Å². The highest BCUT2D eigenvalue weighted by Gasteiger charge is 2.24. The first-order valence-corrected chi connectivity index (χ1v) is 8.51. The molecule has 1 saturated heterocycles. The van der Waals surface area contributed by atoms with Crippen LogP contribution in [0.4, 0.5) is 11.6 Å². The van der Waals surface area contributed by atoms with Crippen molar-refractivity contribution in [3.8, 4) is 0 Å². The fourth-order valence-corrected chi connectivity index (χ4v) is 3.12.